The van der Waals surface area contributed by atoms with Crippen molar-refractivity contribution in [2.75, 3.05) is 19.6 Å². The molecule has 0 saturated carbocycles. The highest BCUT2D eigenvalue weighted by atomic mass is 19.4. The van der Waals surface area contributed by atoms with Gasteiger partial charge in [0.25, 0.3) is 0 Å². The van der Waals surface area contributed by atoms with Crippen molar-refractivity contribution in [3.05, 3.63) is 47.5 Å². The smallest absolute Gasteiger partial charge is 0.416 e. The Hall–Kier alpha value is -2.56. The minimum Gasteiger partial charge on any atom is -0.418 e. The maximum atomic E-state index is 13.1. The summed E-state index contributed by atoms with van der Waals surface area (Å²) in [6.45, 7) is 9.25. The van der Waals surface area contributed by atoms with Gasteiger partial charge in [0.05, 0.1) is 11.1 Å². The molecule has 1 N–H and O–H groups in total. The van der Waals surface area contributed by atoms with Gasteiger partial charge in [0.15, 0.2) is 0 Å². The summed E-state index contributed by atoms with van der Waals surface area (Å²) in [7, 11) is 0. The Morgan fingerprint density at radius 2 is 1.59 bits per heavy atom. The molecule has 0 aliphatic carbocycles. The molecule has 1 saturated heterocycles. The number of benzene rings is 1. The molecule has 0 bridgehead atoms. The summed E-state index contributed by atoms with van der Waals surface area (Å²) in [4.78, 5) is 1.90. The molecular weight excluding hydrogens is 402 g/mol. The molecule has 1 aliphatic heterocycles. The largest absolute Gasteiger partial charge is 0.418 e. The fourth-order valence-corrected chi connectivity index (χ4v) is 3.13. The molecule has 1 aromatic carbocycles. The number of rotatable bonds is 3. The van der Waals surface area contributed by atoms with Crippen LogP contribution in [0.15, 0.2) is 34.9 Å². The Kier molecular flexibility index (Phi) is 5.14. The number of alkyl halides is 6. The average molecular weight is 420 g/mol. The van der Waals surface area contributed by atoms with Gasteiger partial charge in [-0.05, 0) is 32.0 Å². The van der Waals surface area contributed by atoms with Crippen molar-refractivity contribution in [2.24, 2.45) is 0 Å². The first-order valence-electron chi connectivity index (χ1n) is 8.60. The van der Waals surface area contributed by atoms with Gasteiger partial charge in [-0.15, -0.1) is 10.2 Å². The van der Waals surface area contributed by atoms with E-state index in [4.69, 9.17) is 4.42 Å². The molecule has 11 heteroatoms. The zero-order chi connectivity index (χ0) is 21.6. The first-order valence-corrected chi connectivity index (χ1v) is 8.60. The first-order chi connectivity index (χ1) is 13.3. The Morgan fingerprint density at radius 1 is 1.00 bits per heavy atom. The van der Waals surface area contributed by atoms with Crippen LogP contribution in [-0.2, 0) is 17.9 Å². The molecule has 2 heterocycles. The average Bonchev–Trinajstić information content (AvgIpc) is 3.11. The first kappa shape index (κ1) is 21.2. The van der Waals surface area contributed by atoms with Gasteiger partial charge in [-0.25, -0.2) is 0 Å². The van der Waals surface area contributed by atoms with Gasteiger partial charge in [0.1, 0.15) is 5.54 Å². The number of nitrogens with zero attached hydrogens (tertiary/aromatic N) is 3. The molecule has 0 radical (unpaired) electrons. The maximum Gasteiger partial charge on any atom is 0.416 e. The van der Waals surface area contributed by atoms with Crippen molar-refractivity contribution in [3.63, 3.8) is 0 Å². The minimum atomic E-state index is -4.96. The van der Waals surface area contributed by atoms with Gasteiger partial charge >= 0.3 is 12.4 Å². The Morgan fingerprint density at radius 3 is 2.10 bits per heavy atom. The second kappa shape index (κ2) is 7.05. The zero-order valence-electron chi connectivity index (χ0n) is 15.6. The molecule has 0 amide bonds. The van der Waals surface area contributed by atoms with Crippen molar-refractivity contribution in [1.82, 2.24) is 20.4 Å². The molecule has 1 aliphatic rings. The molecule has 1 aromatic heterocycles. The monoisotopic (exact) mass is 420 g/mol. The third kappa shape index (κ3) is 4.24. The number of piperazine rings is 1. The summed E-state index contributed by atoms with van der Waals surface area (Å²) in [5, 5.41) is 10.7. The molecule has 3 rings (SSSR count). The number of hydrogen-bond donors (Lipinski definition) is 1. The van der Waals surface area contributed by atoms with Gasteiger partial charge in [0, 0.05) is 30.9 Å². The molecule has 0 atom stereocenters. The van der Waals surface area contributed by atoms with E-state index in [1.54, 1.807) is 13.8 Å². The van der Waals surface area contributed by atoms with E-state index >= 15 is 0 Å². The van der Waals surface area contributed by atoms with Crippen LogP contribution in [0.4, 0.5) is 26.3 Å². The van der Waals surface area contributed by atoms with E-state index in [1.165, 1.54) is 0 Å². The molecule has 0 unspecified atom stereocenters. The van der Waals surface area contributed by atoms with Crippen LogP contribution >= 0.6 is 0 Å². The Balaban J connectivity index is 2.02. The number of hydrogen-bond acceptors (Lipinski definition) is 5. The summed E-state index contributed by atoms with van der Waals surface area (Å²) >= 11 is 0. The van der Waals surface area contributed by atoms with E-state index in [1.807, 2.05) is 4.90 Å². The van der Waals surface area contributed by atoms with E-state index in [0.29, 0.717) is 31.8 Å². The highest BCUT2D eigenvalue weighted by Gasteiger charge is 2.39. The van der Waals surface area contributed by atoms with Crippen LogP contribution in [-0.4, -0.2) is 34.7 Å². The topological polar surface area (TPSA) is 54.2 Å². The van der Waals surface area contributed by atoms with Crippen molar-refractivity contribution in [1.29, 1.82) is 0 Å². The third-order valence-electron chi connectivity index (χ3n) is 4.68. The second-order valence-corrected chi connectivity index (χ2v) is 7.16. The standard InChI is InChI=1S/C18H18F6N4O/c1-10-9-25-4-5-28(10)16(2,3)15-27-26-14(29-15)11-6-12(17(19,20)21)8-13(7-11)18(22,23)24/h6-8,25H,1,4-5,9H2,2-3H3. The minimum absolute atomic E-state index is 0.0510. The van der Waals surface area contributed by atoms with E-state index in [-0.39, 0.29) is 12.0 Å². The summed E-state index contributed by atoms with van der Waals surface area (Å²) < 4.78 is 84.0. The number of aromatic nitrogens is 2. The number of nitrogens with one attached hydrogen (secondary N) is 1. The van der Waals surface area contributed by atoms with Gasteiger partial charge < -0.3 is 14.6 Å². The van der Waals surface area contributed by atoms with Crippen LogP contribution in [0.1, 0.15) is 30.9 Å². The van der Waals surface area contributed by atoms with Crippen LogP contribution in [0.5, 0.6) is 0 Å². The summed E-state index contributed by atoms with van der Waals surface area (Å²) in [5.41, 5.74) is -3.45. The van der Waals surface area contributed by atoms with Crippen LogP contribution < -0.4 is 5.32 Å². The van der Waals surface area contributed by atoms with E-state index < -0.39 is 40.5 Å². The third-order valence-corrected chi connectivity index (χ3v) is 4.68. The van der Waals surface area contributed by atoms with Crippen molar-refractivity contribution in [2.45, 2.75) is 31.7 Å². The number of halogens is 6. The molecule has 0 spiro atoms. The van der Waals surface area contributed by atoms with Crippen molar-refractivity contribution in [3.8, 4) is 11.5 Å². The lowest BCUT2D eigenvalue weighted by molar-refractivity contribution is -0.143. The lowest BCUT2D eigenvalue weighted by Gasteiger charge is -2.41. The SMILES string of the molecule is C=C1CNCCN1C(C)(C)c1nnc(-c2cc(C(F)(F)F)cc(C(F)(F)F)c2)o1. The van der Waals surface area contributed by atoms with E-state index in [9.17, 15) is 26.3 Å². The zero-order valence-corrected chi connectivity index (χ0v) is 15.6. The normalized spacial score (nSPS) is 16.4. The highest BCUT2D eigenvalue weighted by molar-refractivity contribution is 5.57. The Labute approximate surface area is 162 Å². The van der Waals surface area contributed by atoms with Gasteiger partial charge in [-0.1, -0.05) is 6.58 Å². The van der Waals surface area contributed by atoms with Gasteiger partial charge in [-0.3, -0.25) is 0 Å². The van der Waals surface area contributed by atoms with Crippen LogP contribution in [0.2, 0.25) is 0 Å². The highest BCUT2D eigenvalue weighted by Crippen LogP contribution is 2.39. The fourth-order valence-electron chi connectivity index (χ4n) is 3.13. The van der Waals surface area contributed by atoms with Gasteiger partial charge in [-0.2, -0.15) is 26.3 Å². The molecule has 158 valence electrons. The second-order valence-electron chi connectivity index (χ2n) is 7.16. The van der Waals surface area contributed by atoms with Crippen LogP contribution in [0, 0.1) is 0 Å². The molecular formula is C18H18F6N4O. The maximum absolute atomic E-state index is 13.1. The summed E-state index contributed by atoms with van der Waals surface area (Å²) in [6, 6.07) is 1.17. The fraction of sp³-hybridized carbons (Fsp3) is 0.444. The predicted molar refractivity (Wildman–Crippen MR) is 91.5 cm³/mol. The molecule has 1 fully saturated rings. The summed E-state index contributed by atoms with van der Waals surface area (Å²) in [6.07, 6.45) is -9.92. The van der Waals surface area contributed by atoms with Crippen molar-refractivity contribution >= 4 is 0 Å². The van der Waals surface area contributed by atoms with Crippen LogP contribution in [0.3, 0.4) is 0 Å². The van der Waals surface area contributed by atoms with Crippen LogP contribution in [0.25, 0.3) is 11.5 Å². The van der Waals surface area contributed by atoms with Crippen molar-refractivity contribution < 1.29 is 30.8 Å². The van der Waals surface area contributed by atoms with Gasteiger partial charge in [0.2, 0.25) is 11.8 Å². The molecule has 29 heavy (non-hydrogen) atoms. The lowest BCUT2D eigenvalue weighted by Crippen LogP contribution is -2.50. The lowest BCUT2D eigenvalue weighted by atomic mass is 10.0. The molecule has 5 nitrogen and oxygen atoms in total. The van der Waals surface area contributed by atoms with E-state index in [0.717, 1.165) is 5.70 Å². The van der Waals surface area contributed by atoms with E-state index in [2.05, 4.69) is 22.1 Å². The predicted octanol–water partition coefficient (Wildman–Crippen LogP) is 4.43. The summed E-state index contributed by atoms with van der Waals surface area (Å²) in [5.74, 6) is -0.369. The molecule has 2 aromatic rings. The Bertz CT molecular complexity index is 884. The quantitative estimate of drug-likeness (QED) is 0.745.